The van der Waals surface area contributed by atoms with Crippen molar-refractivity contribution in [3.63, 3.8) is 0 Å². The smallest absolute Gasteiger partial charge is 0.311 e. The van der Waals surface area contributed by atoms with Gasteiger partial charge in [0.05, 0.1) is 12.5 Å². The second-order valence-electron chi connectivity index (χ2n) is 4.56. The number of amides is 1. The van der Waals surface area contributed by atoms with E-state index < -0.39 is 0 Å². The molecule has 1 atom stereocenters. The fourth-order valence-corrected chi connectivity index (χ4v) is 1.82. The number of carbonyl (C=O) groups is 2. The molecule has 4 nitrogen and oxygen atoms in total. The van der Waals surface area contributed by atoms with Crippen LogP contribution in [0.2, 0.25) is 0 Å². The van der Waals surface area contributed by atoms with Gasteiger partial charge in [-0.15, -0.1) is 0 Å². The molecule has 0 aliphatic carbocycles. The minimum Gasteiger partial charge on any atom is -0.465 e. The van der Waals surface area contributed by atoms with Gasteiger partial charge in [0, 0.05) is 19.0 Å². The average Bonchev–Trinajstić information content (AvgIpc) is 2.60. The molecule has 0 bridgehead atoms. The molecule has 16 heavy (non-hydrogen) atoms. The van der Waals surface area contributed by atoms with Crippen molar-refractivity contribution < 1.29 is 14.3 Å². The van der Waals surface area contributed by atoms with Crippen LogP contribution in [0.3, 0.4) is 0 Å². The molecule has 0 saturated carbocycles. The summed E-state index contributed by atoms with van der Waals surface area (Å²) in [5.74, 6) is -0.413. The Morgan fingerprint density at radius 3 is 2.75 bits per heavy atom. The van der Waals surface area contributed by atoms with Crippen LogP contribution in [-0.4, -0.2) is 36.0 Å². The van der Waals surface area contributed by atoms with Crippen molar-refractivity contribution in [3.05, 3.63) is 0 Å². The molecule has 0 aromatic carbocycles. The first-order chi connectivity index (χ1) is 7.56. The zero-order valence-corrected chi connectivity index (χ0v) is 10.4. The average molecular weight is 227 g/mol. The number of ether oxygens (including phenoxy) is 1. The summed E-state index contributed by atoms with van der Waals surface area (Å²) in [6, 6.07) is 0.168. The van der Waals surface area contributed by atoms with Crippen molar-refractivity contribution in [1.82, 2.24) is 4.90 Å². The summed E-state index contributed by atoms with van der Waals surface area (Å²) in [5.41, 5.74) is 0. The van der Waals surface area contributed by atoms with Gasteiger partial charge in [-0.05, 0) is 20.3 Å². The van der Waals surface area contributed by atoms with Crippen molar-refractivity contribution >= 4 is 11.9 Å². The SMILES string of the molecule is CCCCOC(=O)C1CC(=O)N(C(C)C)C1. The molecule has 92 valence electrons. The van der Waals surface area contributed by atoms with E-state index >= 15 is 0 Å². The van der Waals surface area contributed by atoms with Gasteiger partial charge in [0.15, 0.2) is 0 Å². The molecule has 0 aromatic rings. The van der Waals surface area contributed by atoms with Crippen LogP contribution in [0.25, 0.3) is 0 Å². The molecular weight excluding hydrogens is 206 g/mol. The minimum atomic E-state index is -0.258. The fraction of sp³-hybridized carbons (Fsp3) is 0.833. The van der Waals surface area contributed by atoms with E-state index in [1.54, 1.807) is 4.90 Å². The molecule has 0 N–H and O–H groups in total. The van der Waals surface area contributed by atoms with E-state index in [2.05, 4.69) is 0 Å². The number of carbonyl (C=O) groups excluding carboxylic acids is 2. The number of hydrogen-bond acceptors (Lipinski definition) is 3. The molecule has 1 saturated heterocycles. The predicted octanol–water partition coefficient (Wildman–Crippen LogP) is 1.59. The third-order valence-electron chi connectivity index (χ3n) is 2.86. The van der Waals surface area contributed by atoms with Gasteiger partial charge < -0.3 is 9.64 Å². The predicted molar refractivity (Wildman–Crippen MR) is 60.8 cm³/mol. The van der Waals surface area contributed by atoms with Crippen molar-refractivity contribution in [3.8, 4) is 0 Å². The van der Waals surface area contributed by atoms with Crippen molar-refractivity contribution in [2.75, 3.05) is 13.2 Å². The Balaban J connectivity index is 2.39. The summed E-state index contributed by atoms with van der Waals surface area (Å²) < 4.78 is 5.12. The van der Waals surface area contributed by atoms with Crippen LogP contribution in [0.5, 0.6) is 0 Å². The van der Waals surface area contributed by atoms with Crippen LogP contribution in [0.1, 0.15) is 40.0 Å². The number of rotatable bonds is 5. The summed E-state index contributed by atoms with van der Waals surface area (Å²) in [6.45, 7) is 6.96. The number of esters is 1. The highest BCUT2D eigenvalue weighted by atomic mass is 16.5. The van der Waals surface area contributed by atoms with E-state index in [9.17, 15) is 9.59 Å². The molecule has 1 fully saturated rings. The van der Waals surface area contributed by atoms with E-state index in [1.165, 1.54) is 0 Å². The zero-order chi connectivity index (χ0) is 12.1. The molecular formula is C12H21NO3. The summed E-state index contributed by atoms with van der Waals surface area (Å²) >= 11 is 0. The maximum absolute atomic E-state index is 11.6. The maximum atomic E-state index is 11.6. The minimum absolute atomic E-state index is 0.0624. The third-order valence-corrected chi connectivity index (χ3v) is 2.86. The van der Waals surface area contributed by atoms with Crippen LogP contribution in [0.15, 0.2) is 0 Å². The second kappa shape index (κ2) is 5.87. The third kappa shape index (κ3) is 3.22. The monoisotopic (exact) mass is 227 g/mol. The molecule has 1 rings (SSSR count). The maximum Gasteiger partial charge on any atom is 0.311 e. The highest BCUT2D eigenvalue weighted by Gasteiger charge is 2.36. The first kappa shape index (κ1) is 13.0. The van der Waals surface area contributed by atoms with Crippen LogP contribution in [0.4, 0.5) is 0 Å². The lowest BCUT2D eigenvalue weighted by Gasteiger charge is -2.20. The van der Waals surface area contributed by atoms with Crippen LogP contribution < -0.4 is 0 Å². The van der Waals surface area contributed by atoms with Gasteiger partial charge in [0.1, 0.15) is 0 Å². The second-order valence-corrected chi connectivity index (χ2v) is 4.56. The van der Waals surface area contributed by atoms with E-state index in [4.69, 9.17) is 4.74 Å². The van der Waals surface area contributed by atoms with Crippen LogP contribution in [0, 0.1) is 5.92 Å². The lowest BCUT2D eigenvalue weighted by molar-refractivity contribution is -0.148. The van der Waals surface area contributed by atoms with Gasteiger partial charge in [-0.3, -0.25) is 9.59 Å². The molecule has 1 aliphatic rings. The Morgan fingerprint density at radius 2 is 2.25 bits per heavy atom. The van der Waals surface area contributed by atoms with Gasteiger partial charge in [0.25, 0.3) is 0 Å². The highest BCUT2D eigenvalue weighted by Crippen LogP contribution is 2.21. The first-order valence-electron chi connectivity index (χ1n) is 6.02. The lowest BCUT2D eigenvalue weighted by Crippen LogP contribution is -2.33. The number of hydrogen-bond donors (Lipinski definition) is 0. The summed E-state index contributed by atoms with van der Waals surface area (Å²) in [5, 5.41) is 0. The Kier molecular flexibility index (Phi) is 4.77. The van der Waals surface area contributed by atoms with Crippen LogP contribution >= 0.6 is 0 Å². The molecule has 1 heterocycles. The Bertz CT molecular complexity index is 263. The van der Waals surface area contributed by atoms with Gasteiger partial charge in [0.2, 0.25) is 5.91 Å². The topological polar surface area (TPSA) is 46.6 Å². The van der Waals surface area contributed by atoms with E-state index in [-0.39, 0.29) is 23.8 Å². The van der Waals surface area contributed by atoms with E-state index in [0.29, 0.717) is 19.6 Å². The molecule has 4 heteroatoms. The van der Waals surface area contributed by atoms with Crippen molar-refractivity contribution in [2.24, 2.45) is 5.92 Å². The Labute approximate surface area is 96.9 Å². The van der Waals surface area contributed by atoms with Gasteiger partial charge in [-0.1, -0.05) is 13.3 Å². The lowest BCUT2D eigenvalue weighted by atomic mass is 10.1. The zero-order valence-electron chi connectivity index (χ0n) is 10.4. The fourth-order valence-electron chi connectivity index (χ4n) is 1.82. The number of likely N-dealkylation sites (tertiary alicyclic amines) is 1. The summed E-state index contributed by atoms with van der Waals surface area (Å²) in [6.07, 6.45) is 2.21. The highest BCUT2D eigenvalue weighted by molar-refractivity contribution is 5.86. The van der Waals surface area contributed by atoms with Crippen molar-refractivity contribution in [1.29, 1.82) is 0 Å². The Hall–Kier alpha value is -1.06. The largest absolute Gasteiger partial charge is 0.465 e. The quantitative estimate of drug-likeness (QED) is 0.529. The van der Waals surface area contributed by atoms with Gasteiger partial charge in [-0.25, -0.2) is 0 Å². The molecule has 1 amide bonds. The first-order valence-corrected chi connectivity index (χ1v) is 6.02. The summed E-state index contributed by atoms with van der Waals surface area (Å²) in [4.78, 5) is 25.0. The molecule has 0 radical (unpaired) electrons. The molecule has 0 spiro atoms. The normalized spacial score (nSPS) is 20.6. The summed E-state index contributed by atoms with van der Waals surface area (Å²) in [7, 11) is 0. The standard InChI is InChI=1S/C12H21NO3/c1-4-5-6-16-12(15)10-7-11(14)13(8-10)9(2)3/h9-10H,4-8H2,1-3H3. The van der Waals surface area contributed by atoms with Crippen LogP contribution in [-0.2, 0) is 14.3 Å². The molecule has 0 aromatic heterocycles. The molecule has 1 aliphatic heterocycles. The van der Waals surface area contributed by atoms with Gasteiger partial charge >= 0.3 is 5.97 Å². The molecule has 1 unspecified atom stereocenters. The van der Waals surface area contributed by atoms with Crippen molar-refractivity contribution in [2.45, 2.75) is 46.1 Å². The van der Waals surface area contributed by atoms with Gasteiger partial charge in [-0.2, -0.15) is 0 Å². The number of nitrogens with zero attached hydrogens (tertiary/aromatic N) is 1. The van der Waals surface area contributed by atoms with E-state index in [1.807, 2.05) is 20.8 Å². The van der Waals surface area contributed by atoms with E-state index in [0.717, 1.165) is 12.8 Å². The number of unbranched alkanes of at least 4 members (excludes halogenated alkanes) is 1. The Morgan fingerprint density at radius 1 is 1.56 bits per heavy atom.